The van der Waals surface area contributed by atoms with Gasteiger partial charge in [-0.15, -0.1) is 0 Å². The molecule has 4 nitrogen and oxygen atoms in total. The lowest BCUT2D eigenvalue weighted by atomic mass is 9.96. The molecule has 34 heavy (non-hydrogen) atoms. The van der Waals surface area contributed by atoms with Gasteiger partial charge in [-0.3, -0.25) is 9.98 Å². The minimum Gasteiger partial charge on any atom is -0.378 e. The maximum atomic E-state index is 14.7. The fourth-order valence-electron chi connectivity index (χ4n) is 4.67. The van der Waals surface area contributed by atoms with E-state index in [0.717, 1.165) is 41.5 Å². The summed E-state index contributed by atoms with van der Waals surface area (Å²) in [6.07, 6.45) is 6.59. The first-order chi connectivity index (χ1) is 16.3. The van der Waals surface area contributed by atoms with Crippen LogP contribution in [0.4, 0.5) is 13.2 Å². The zero-order valence-corrected chi connectivity index (χ0v) is 19.6. The van der Waals surface area contributed by atoms with E-state index in [1.54, 1.807) is 19.3 Å². The zero-order chi connectivity index (χ0) is 24.4. The molecule has 0 saturated carbocycles. The molecule has 0 amide bonds. The number of halogens is 3. The highest BCUT2D eigenvalue weighted by molar-refractivity contribution is 6.08. The van der Waals surface area contributed by atoms with Crippen molar-refractivity contribution in [2.75, 3.05) is 0 Å². The Balaban J connectivity index is 1.68. The van der Waals surface area contributed by atoms with Gasteiger partial charge >= 0.3 is 0 Å². The molecular weight excluding hydrogens is 437 g/mol. The second-order valence-corrected chi connectivity index (χ2v) is 8.59. The van der Waals surface area contributed by atoms with Gasteiger partial charge in [0.25, 0.3) is 6.43 Å². The predicted molar refractivity (Wildman–Crippen MR) is 130 cm³/mol. The molecule has 1 aromatic heterocycles. The van der Waals surface area contributed by atoms with Crippen molar-refractivity contribution in [3.8, 4) is 0 Å². The standard InChI is InChI=1S/C27H29F3N4/c1-5-23-24(6-2)34-15-19(18-10-12-31-13-11-18)14-22(27(34)33-23)17(4)32-16(3)20-8-7-9-21(25(20)28)26(29)30/h7-16,23-24,26,32H,4-6H2,1-3H3/t16-,23+,24-/m1/s1. The summed E-state index contributed by atoms with van der Waals surface area (Å²) in [5.74, 6) is -0.0692. The number of alkyl halides is 2. The van der Waals surface area contributed by atoms with Gasteiger partial charge < -0.3 is 10.2 Å². The minimum absolute atomic E-state index is 0.154. The summed E-state index contributed by atoms with van der Waals surface area (Å²) in [7, 11) is 0. The molecule has 1 aromatic carbocycles. The van der Waals surface area contributed by atoms with Crippen LogP contribution in [0.1, 0.15) is 62.8 Å². The molecule has 4 rings (SSSR count). The van der Waals surface area contributed by atoms with E-state index in [0.29, 0.717) is 5.70 Å². The van der Waals surface area contributed by atoms with E-state index in [4.69, 9.17) is 4.99 Å². The highest BCUT2D eigenvalue weighted by Gasteiger charge is 2.37. The third-order valence-corrected chi connectivity index (χ3v) is 6.48. The Hall–Kier alpha value is -3.35. The van der Waals surface area contributed by atoms with E-state index in [1.165, 1.54) is 12.1 Å². The molecule has 3 atom stereocenters. The Morgan fingerprint density at radius 1 is 1.12 bits per heavy atom. The van der Waals surface area contributed by atoms with Crippen molar-refractivity contribution < 1.29 is 13.2 Å². The van der Waals surface area contributed by atoms with Gasteiger partial charge in [-0.2, -0.15) is 0 Å². The van der Waals surface area contributed by atoms with Gasteiger partial charge in [0.05, 0.1) is 23.7 Å². The minimum atomic E-state index is -2.87. The third-order valence-electron chi connectivity index (χ3n) is 6.48. The van der Waals surface area contributed by atoms with Crippen LogP contribution >= 0.6 is 0 Å². The number of fused-ring (bicyclic) bond motifs is 1. The van der Waals surface area contributed by atoms with Crippen LogP contribution in [-0.4, -0.2) is 27.8 Å². The summed E-state index contributed by atoms with van der Waals surface area (Å²) in [5.41, 5.74) is 2.94. The van der Waals surface area contributed by atoms with Gasteiger partial charge in [-0.1, -0.05) is 38.6 Å². The number of hydrogen-bond donors (Lipinski definition) is 1. The zero-order valence-electron chi connectivity index (χ0n) is 19.6. The van der Waals surface area contributed by atoms with E-state index >= 15 is 0 Å². The highest BCUT2D eigenvalue weighted by Crippen LogP contribution is 2.36. The van der Waals surface area contributed by atoms with Crippen molar-refractivity contribution in [3.05, 3.63) is 95.4 Å². The number of aliphatic imine (C=N–C) groups is 1. The Bertz CT molecular complexity index is 1150. The molecule has 2 aliphatic heterocycles. The molecule has 3 heterocycles. The van der Waals surface area contributed by atoms with Crippen molar-refractivity contribution in [1.82, 2.24) is 15.2 Å². The number of nitrogens with one attached hydrogen (secondary N) is 1. The molecule has 0 unspecified atom stereocenters. The third kappa shape index (κ3) is 4.39. The first-order valence-corrected chi connectivity index (χ1v) is 11.6. The van der Waals surface area contributed by atoms with Gasteiger partial charge in [0.1, 0.15) is 11.7 Å². The largest absolute Gasteiger partial charge is 0.378 e. The lowest BCUT2D eigenvalue weighted by Gasteiger charge is -2.32. The van der Waals surface area contributed by atoms with E-state index in [9.17, 15) is 13.2 Å². The first kappa shape index (κ1) is 23.8. The second-order valence-electron chi connectivity index (χ2n) is 8.59. The molecule has 2 aliphatic rings. The fourth-order valence-corrected chi connectivity index (χ4v) is 4.67. The maximum Gasteiger partial charge on any atom is 0.266 e. The molecule has 0 bridgehead atoms. The second kappa shape index (κ2) is 9.87. The smallest absolute Gasteiger partial charge is 0.266 e. The monoisotopic (exact) mass is 466 g/mol. The van der Waals surface area contributed by atoms with Crippen molar-refractivity contribution in [3.63, 3.8) is 0 Å². The van der Waals surface area contributed by atoms with E-state index in [2.05, 4.69) is 41.8 Å². The number of benzene rings is 1. The number of amidine groups is 1. The Morgan fingerprint density at radius 2 is 1.82 bits per heavy atom. The summed E-state index contributed by atoms with van der Waals surface area (Å²) in [5, 5.41) is 3.23. The summed E-state index contributed by atoms with van der Waals surface area (Å²) in [4.78, 5) is 11.3. The fraction of sp³-hybridized carbons (Fsp3) is 0.333. The van der Waals surface area contributed by atoms with E-state index < -0.39 is 23.8 Å². The lowest BCUT2D eigenvalue weighted by molar-refractivity contribution is 0.146. The van der Waals surface area contributed by atoms with Crippen LogP contribution in [0.25, 0.3) is 5.57 Å². The lowest BCUT2D eigenvalue weighted by Crippen LogP contribution is -2.38. The predicted octanol–water partition coefficient (Wildman–Crippen LogP) is 6.58. The summed E-state index contributed by atoms with van der Waals surface area (Å²) < 4.78 is 41.1. The molecule has 178 valence electrons. The van der Waals surface area contributed by atoms with Crippen LogP contribution in [0.3, 0.4) is 0 Å². The van der Waals surface area contributed by atoms with Crippen molar-refractivity contribution in [2.24, 2.45) is 4.99 Å². The molecule has 0 fully saturated rings. The van der Waals surface area contributed by atoms with Crippen LogP contribution in [0.15, 0.2) is 77.8 Å². The molecule has 0 radical (unpaired) electrons. The van der Waals surface area contributed by atoms with Crippen molar-refractivity contribution >= 4 is 11.4 Å². The summed E-state index contributed by atoms with van der Waals surface area (Å²) in [6, 6.07) is 7.78. The molecule has 0 spiro atoms. The van der Waals surface area contributed by atoms with Crippen LogP contribution in [0.5, 0.6) is 0 Å². The number of pyridine rings is 1. The average Bonchev–Trinajstić information content (AvgIpc) is 3.21. The van der Waals surface area contributed by atoms with E-state index in [-0.39, 0.29) is 17.6 Å². The van der Waals surface area contributed by atoms with Crippen LogP contribution in [0.2, 0.25) is 0 Å². The number of rotatable bonds is 8. The first-order valence-electron chi connectivity index (χ1n) is 11.6. The maximum absolute atomic E-state index is 14.7. The van der Waals surface area contributed by atoms with E-state index in [1.807, 2.05) is 18.2 Å². The normalized spacial score (nSPS) is 20.4. The molecule has 0 saturated heterocycles. The number of nitrogens with zero attached hydrogens (tertiary/aromatic N) is 3. The summed E-state index contributed by atoms with van der Waals surface area (Å²) in [6.45, 7) is 10.2. The van der Waals surface area contributed by atoms with Crippen LogP contribution < -0.4 is 5.32 Å². The van der Waals surface area contributed by atoms with Gasteiger partial charge in [-0.05, 0) is 49.1 Å². The van der Waals surface area contributed by atoms with Gasteiger partial charge in [0.15, 0.2) is 0 Å². The number of allylic oxidation sites excluding steroid dienone is 2. The Kier molecular flexibility index (Phi) is 6.91. The van der Waals surface area contributed by atoms with Gasteiger partial charge in [-0.25, -0.2) is 13.2 Å². The van der Waals surface area contributed by atoms with Gasteiger partial charge in [0.2, 0.25) is 0 Å². The molecule has 7 heteroatoms. The van der Waals surface area contributed by atoms with Crippen molar-refractivity contribution in [1.29, 1.82) is 0 Å². The average molecular weight is 467 g/mol. The summed E-state index contributed by atoms with van der Waals surface area (Å²) >= 11 is 0. The Labute approximate surface area is 198 Å². The molecule has 2 aromatic rings. The van der Waals surface area contributed by atoms with Crippen LogP contribution in [0, 0.1) is 5.82 Å². The molecular formula is C27H29F3N4. The molecule has 1 N–H and O–H groups in total. The topological polar surface area (TPSA) is 40.5 Å². The van der Waals surface area contributed by atoms with Crippen molar-refractivity contribution in [2.45, 2.75) is 58.2 Å². The number of aromatic nitrogens is 1. The van der Waals surface area contributed by atoms with Gasteiger partial charge in [0, 0.05) is 35.4 Å². The Morgan fingerprint density at radius 3 is 2.47 bits per heavy atom. The molecule has 0 aliphatic carbocycles. The quantitative estimate of drug-likeness (QED) is 0.478. The SMILES string of the molecule is C=C(N[C@H](C)c1cccc(C(F)F)c1F)C1=CC(c2ccncc2)=CN2C1=N[C@@H](CC)[C@H]2CC. The number of hydrogen-bond acceptors (Lipinski definition) is 4. The highest BCUT2D eigenvalue weighted by atomic mass is 19.3. The van der Waals surface area contributed by atoms with Crippen LogP contribution in [-0.2, 0) is 0 Å².